The first kappa shape index (κ1) is 23.2. The molecule has 0 N–H and O–H groups in total. The zero-order valence-corrected chi connectivity index (χ0v) is 19.6. The third-order valence-corrected chi connectivity index (χ3v) is 7.44. The lowest BCUT2D eigenvalue weighted by molar-refractivity contribution is -0.113. The summed E-state index contributed by atoms with van der Waals surface area (Å²) in [4.78, 5) is 13.3. The van der Waals surface area contributed by atoms with Gasteiger partial charge in [0.15, 0.2) is 5.78 Å². The number of hydrogen-bond acceptors (Lipinski definition) is 3. The van der Waals surface area contributed by atoms with Gasteiger partial charge >= 0.3 is 0 Å². The van der Waals surface area contributed by atoms with Gasteiger partial charge in [-0.25, -0.2) is 17.2 Å². The molecule has 0 amide bonds. The first-order chi connectivity index (χ1) is 15.7. The van der Waals surface area contributed by atoms with Gasteiger partial charge in [-0.05, 0) is 71.8 Å². The van der Waals surface area contributed by atoms with Crippen molar-refractivity contribution in [2.75, 3.05) is 13.1 Å². The minimum absolute atomic E-state index is 0.0789. The van der Waals surface area contributed by atoms with Crippen molar-refractivity contribution in [3.8, 4) is 0 Å². The molecule has 0 unspecified atom stereocenters. The Bertz CT molecular complexity index is 1320. The van der Waals surface area contributed by atoms with Crippen molar-refractivity contribution >= 4 is 43.9 Å². The number of piperidine rings is 1. The largest absolute Gasteiger partial charge is 0.289 e. The van der Waals surface area contributed by atoms with Gasteiger partial charge in [-0.3, -0.25) is 4.79 Å². The highest BCUT2D eigenvalue weighted by atomic mass is 79.9. The Labute approximate surface area is 199 Å². The lowest BCUT2D eigenvalue weighted by Gasteiger charge is -2.29. The predicted molar refractivity (Wildman–Crippen MR) is 127 cm³/mol. The van der Waals surface area contributed by atoms with E-state index in [4.69, 9.17) is 0 Å². The molecule has 0 aromatic heterocycles. The van der Waals surface area contributed by atoms with Crippen LogP contribution in [0.25, 0.3) is 12.2 Å². The number of rotatable bonds is 4. The summed E-state index contributed by atoms with van der Waals surface area (Å²) >= 11 is 3.29. The van der Waals surface area contributed by atoms with Crippen LogP contribution in [0.5, 0.6) is 0 Å². The van der Waals surface area contributed by atoms with E-state index in [1.807, 2.05) is 0 Å². The van der Waals surface area contributed by atoms with Crippen LogP contribution in [0.4, 0.5) is 8.78 Å². The minimum atomic E-state index is -3.94. The fraction of sp³-hybridized carbons (Fsp3) is 0.0800. The van der Waals surface area contributed by atoms with Gasteiger partial charge in [-0.15, -0.1) is 0 Å². The fourth-order valence-corrected chi connectivity index (χ4v) is 5.19. The molecule has 168 valence electrons. The number of carbonyl (C=O) groups excluding carboxylic acids is 1. The monoisotopic (exact) mass is 529 g/mol. The number of sulfonamides is 1. The molecule has 1 heterocycles. The molecule has 0 atom stereocenters. The third-order valence-electron chi connectivity index (χ3n) is 5.11. The molecule has 8 heteroatoms. The van der Waals surface area contributed by atoms with Crippen LogP contribution in [0.3, 0.4) is 0 Å². The van der Waals surface area contributed by atoms with Crippen molar-refractivity contribution in [3.05, 3.63) is 111 Å². The molecule has 0 aliphatic carbocycles. The lowest BCUT2D eigenvalue weighted by atomic mass is 9.95. The van der Waals surface area contributed by atoms with Gasteiger partial charge in [0.1, 0.15) is 11.6 Å². The maximum Gasteiger partial charge on any atom is 0.243 e. The predicted octanol–water partition coefficient (Wildman–Crippen LogP) is 5.47. The van der Waals surface area contributed by atoms with Crippen LogP contribution in [0.1, 0.15) is 11.1 Å². The van der Waals surface area contributed by atoms with Gasteiger partial charge in [0.05, 0.1) is 4.90 Å². The Kier molecular flexibility index (Phi) is 6.69. The Morgan fingerprint density at radius 1 is 0.788 bits per heavy atom. The molecule has 0 bridgehead atoms. The number of hydrogen-bond donors (Lipinski definition) is 0. The van der Waals surface area contributed by atoms with E-state index in [-0.39, 0.29) is 34.9 Å². The summed E-state index contributed by atoms with van der Waals surface area (Å²) in [6.07, 6.45) is 2.96. The van der Waals surface area contributed by atoms with Crippen molar-refractivity contribution in [2.45, 2.75) is 4.90 Å². The molecule has 1 aliphatic rings. The van der Waals surface area contributed by atoms with E-state index in [1.165, 1.54) is 65.0 Å². The molecular formula is C25H18BrF2NO3S. The molecule has 0 saturated carbocycles. The summed E-state index contributed by atoms with van der Waals surface area (Å²) < 4.78 is 55.9. The smallest absolute Gasteiger partial charge is 0.243 e. The molecule has 0 spiro atoms. The Balaban J connectivity index is 1.79. The van der Waals surface area contributed by atoms with E-state index >= 15 is 0 Å². The Morgan fingerprint density at radius 3 is 1.73 bits per heavy atom. The first-order valence-electron chi connectivity index (χ1n) is 9.95. The summed E-state index contributed by atoms with van der Waals surface area (Å²) in [6, 6.07) is 17.5. The number of Topliss-reactive ketones (excluding diaryl/α,β-unsaturated/α-hetero) is 1. The van der Waals surface area contributed by atoms with Gasteiger partial charge in [0, 0.05) is 28.7 Å². The number of nitrogens with zero attached hydrogens (tertiary/aromatic N) is 1. The highest BCUT2D eigenvalue weighted by Gasteiger charge is 2.34. The summed E-state index contributed by atoms with van der Waals surface area (Å²) in [6.45, 7) is -0.345. The van der Waals surface area contributed by atoms with Gasteiger partial charge in [-0.2, -0.15) is 4.31 Å². The molecular weight excluding hydrogens is 512 g/mol. The summed E-state index contributed by atoms with van der Waals surface area (Å²) in [5.41, 5.74) is 1.25. The second-order valence-corrected chi connectivity index (χ2v) is 10.4. The van der Waals surface area contributed by atoms with Crippen molar-refractivity contribution < 1.29 is 22.0 Å². The zero-order valence-electron chi connectivity index (χ0n) is 17.2. The van der Waals surface area contributed by atoms with Gasteiger partial charge in [0.25, 0.3) is 0 Å². The SMILES string of the molecule is O=C1/C(=C/c2cccc(F)c2)CN(S(=O)(=O)c2ccc(Br)cc2)C/C1=C\c1cccc(F)c1. The van der Waals surface area contributed by atoms with Crippen molar-refractivity contribution in [1.82, 2.24) is 4.31 Å². The van der Waals surface area contributed by atoms with E-state index in [1.54, 1.807) is 24.3 Å². The highest BCUT2D eigenvalue weighted by molar-refractivity contribution is 9.10. The average molecular weight is 530 g/mol. The number of benzene rings is 3. The van der Waals surface area contributed by atoms with Crippen molar-refractivity contribution in [2.24, 2.45) is 0 Å². The second kappa shape index (κ2) is 9.51. The maximum absolute atomic E-state index is 13.7. The summed E-state index contributed by atoms with van der Waals surface area (Å²) in [5.74, 6) is -1.31. The zero-order chi connectivity index (χ0) is 23.6. The lowest BCUT2D eigenvalue weighted by Crippen LogP contribution is -2.41. The second-order valence-electron chi connectivity index (χ2n) is 7.51. The average Bonchev–Trinajstić information content (AvgIpc) is 2.77. The molecule has 1 aliphatic heterocycles. The van der Waals surface area contributed by atoms with E-state index in [0.717, 1.165) is 4.47 Å². The van der Waals surface area contributed by atoms with E-state index < -0.39 is 21.7 Å². The molecule has 1 fully saturated rings. The summed E-state index contributed by atoms with van der Waals surface area (Å²) in [5, 5.41) is 0. The van der Waals surface area contributed by atoms with Crippen LogP contribution in [0.2, 0.25) is 0 Å². The fourth-order valence-electron chi connectivity index (χ4n) is 3.53. The van der Waals surface area contributed by atoms with Gasteiger partial charge < -0.3 is 0 Å². The number of halogens is 3. The maximum atomic E-state index is 13.7. The number of carbonyl (C=O) groups is 1. The summed E-state index contributed by atoms with van der Waals surface area (Å²) in [7, 11) is -3.94. The van der Waals surface area contributed by atoms with Crippen molar-refractivity contribution in [3.63, 3.8) is 0 Å². The van der Waals surface area contributed by atoms with Crippen LogP contribution in [-0.4, -0.2) is 31.6 Å². The Hall–Kier alpha value is -2.94. The van der Waals surface area contributed by atoms with E-state index in [0.29, 0.717) is 11.1 Å². The van der Waals surface area contributed by atoms with Crippen LogP contribution in [0, 0.1) is 11.6 Å². The van der Waals surface area contributed by atoms with Crippen LogP contribution < -0.4 is 0 Å². The van der Waals surface area contributed by atoms with Gasteiger partial charge in [0.2, 0.25) is 10.0 Å². The van der Waals surface area contributed by atoms with Gasteiger partial charge in [-0.1, -0.05) is 40.2 Å². The standard InChI is InChI=1S/C25H18BrF2NO3S/c26-21-7-9-24(10-8-21)33(31,32)29-15-19(11-17-3-1-5-22(27)13-17)25(30)20(16-29)12-18-4-2-6-23(28)14-18/h1-14H,15-16H2/b19-11+,20-12+. The van der Waals surface area contributed by atoms with Crippen LogP contribution in [-0.2, 0) is 14.8 Å². The topological polar surface area (TPSA) is 54.5 Å². The first-order valence-corrected chi connectivity index (χ1v) is 12.2. The molecule has 4 nitrogen and oxygen atoms in total. The van der Waals surface area contributed by atoms with Crippen LogP contribution >= 0.6 is 15.9 Å². The molecule has 4 rings (SSSR count). The molecule has 3 aromatic carbocycles. The Morgan fingerprint density at radius 2 is 1.27 bits per heavy atom. The molecule has 0 radical (unpaired) electrons. The van der Waals surface area contributed by atoms with Crippen LogP contribution in [0.15, 0.2) is 93.3 Å². The number of ketones is 1. The molecule has 3 aromatic rings. The quantitative estimate of drug-likeness (QED) is 0.421. The third kappa shape index (κ3) is 5.35. The molecule has 33 heavy (non-hydrogen) atoms. The highest BCUT2D eigenvalue weighted by Crippen LogP contribution is 2.28. The van der Waals surface area contributed by atoms with E-state index in [2.05, 4.69) is 15.9 Å². The van der Waals surface area contributed by atoms with E-state index in [9.17, 15) is 22.0 Å². The normalized spacial score (nSPS) is 17.6. The van der Waals surface area contributed by atoms with Crippen molar-refractivity contribution in [1.29, 1.82) is 0 Å². The minimum Gasteiger partial charge on any atom is -0.289 e. The molecule has 1 saturated heterocycles.